The fourth-order valence-electron chi connectivity index (χ4n) is 3.77. The number of aliphatic carboxylic acids is 1. The summed E-state index contributed by atoms with van der Waals surface area (Å²) in [6.45, 7) is 2.41. The van der Waals surface area contributed by atoms with Crippen molar-refractivity contribution in [2.45, 2.75) is 38.3 Å². The Balaban J connectivity index is 1.64. The molecule has 1 unspecified atom stereocenters. The largest absolute Gasteiger partial charge is 0.497 e. The van der Waals surface area contributed by atoms with E-state index in [9.17, 15) is 9.59 Å². The van der Waals surface area contributed by atoms with Crippen molar-refractivity contribution in [1.29, 1.82) is 0 Å². The number of carbonyl (C=O) groups is 2. The number of anilines is 1. The van der Waals surface area contributed by atoms with Gasteiger partial charge in [0.05, 0.1) is 7.11 Å². The van der Waals surface area contributed by atoms with Gasteiger partial charge in [-0.25, -0.2) is 0 Å². The van der Waals surface area contributed by atoms with Crippen molar-refractivity contribution in [1.82, 2.24) is 5.32 Å². The summed E-state index contributed by atoms with van der Waals surface area (Å²) in [5.74, 6) is -0.736. The molecule has 2 aromatic rings. The third kappa shape index (κ3) is 6.69. The minimum atomic E-state index is -1.07. The Morgan fingerprint density at radius 3 is 2.48 bits per heavy atom. The number of benzene rings is 2. The molecular formula is C24H31N5O4. The number of rotatable bonds is 8. The first kappa shape index (κ1) is 24.1. The maximum Gasteiger partial charge on any atom is 0.320 e. The van der Waals surface area contributed by atoms with E-state index in [0.29, 0.717) is 12.1 Å². The maximum absolute atomic E-state index is 12.5. The summed E-state index contributed by atoms with van der Waals surface area (Å²) in [5.41, 5.74) is 14.7. The highest BCUT2D eigenvalue weighted by molar-refractivity contribution is 6.02. The number of methoxy groups -OCH3 is 1. The Bertz CT molecular complexity index is 1000. The highest BCUT2D eigenvalue weighted by atomic mass is 16.5. The van der Waals surface area contributed by atoms with E-state index in [1.54, 1.807) is 31.4 Å². The maximum atomic E-state index is 12.5. The predicted octanol–water partition coefficient (Wildman–Crippen LogP) is 1.88. The summed E-state index contributed by atoms with van der Waals surface area (Å²) in [4.78, 5) is 29.6. The molecule has 0 aromatic heterocycles. The number of hydrogen-bond acceptors (Lipinski definition) is 5. The first-order valence-corrected chi connectivity index (χ1v) is 11.0. The SMILES string of the molecule is COc1ccc(CNC(N)=NC(=O)c2ccc(CC(N)C(=O)O)cc2)c(N2CCCCC2)c1. The Morgan fingerprint density at radius 2 is 1.85 bits per heavy atom. The van der Waals surface area contributed by atoms with Crippen LogP contribution in [0.25, 0.3) is 0 Å². The van der Waals surface area contributed by atoms with Gasteiger partial charge in [0.1, 0.15) is 11.8 Å². The third-order valence-corrected chi connectivity index (χ3v) is 5.64. The second-order valence-corrected chi connectivity index (χ2v) is 8.04. The Labute approximate surface area is 193 Å². The summed E-state index contributed by atoms with van der Waals surface area (Å²) in [7, 11) is 1.65. The van der Waals surface area contributed by atoms with Gasteiger partial charge in [0.15, 0.2) is 5.96 Å². The van der Waals surface area contributed by atoms with Crippen LogP contribution in [0.2, 0.25) is 0 Å². The predicted molar refractivity (Wildman–Crippen MR) is 128 cm³/mol. The van der Waals surface area contributed by atoms with E-state index >= 15 is 0 Å². The lowest BCUT2D eigenvalue weighted by Crippen LogP contribution is -2.34. The number of carbonyl (C=O) groups excluding carboxylic acids is 1. The van der Waals surface area contributed by atoms with Crippen molar-refractivity contribution in [3.8, 4) is 5.75 Å². The summed E-state index contributed by atoms with van der Waals surface area (Å²) in [6.07, 6.45) is 3.73. The molecule has 9 heteroatoms. The van der Waals surface area contributed by atoms with E-state index in [0.717, 1.165) is 48.5 Å². The Hall–Kier alpha value is -3.59. The number of hydrogen-bond donors (Lipinski definition) is 4. The molecule has 0 spiro atoms. The van der Waals surface area contributed by atoms with Crippen LogP contribution in [0.4, 0.5) is 5.69 Å². The smallest absolute Gasteiger partial charge is 0.320 e. The summed E-state index contributed by atoms with van der Waals surface area (Å²) in [6, 6.07) is 11.4. The molecule has 6 N–H and O–H groups in total. The molecular weight excluding hydrogens is 422 g/mol. The van der Waals surface area contributed by atoms with E-state index in [4.69, 9.17) is 21.3 Å². The van der Waals surface area contributed by atoms with E-state index in [1.165, 1.54) is 6.42 Å². The van der Waals surface area contributed by atoms with Crippen LogP contribution in [0, 0.1) is 0 Å². The van der Waals surface area contributed by atoms with Crippen molar-refractivity contribution >= 4 is 23.5 Å². The van der Waals surface area contributed by atoms with Crippen LogP contribution in [0.1, 0.15) is 40.7 Å². The molecule has 0 saturated carbocycles. The molecule has 9 nitrogen and oxygen atoms in total. The lowest BCUT2D eigenvalue weighted by molar-refractivity contribution is -0.138. The fraction of sp³-hybridized carbons (Fsp3) is 0.375. The average Bonchev–Trinajstić information content (AvgIpc) is 2.83. The molecule has 0 bridgehead atoms. The Morgan fingerprint density at radius 1 is 1.15 bits per heavy atom. The Kier molecular flexibility index (Phi) is 8.26. The second-order valence-electron chi connectivity index (χ2n) is 8.04. The van der Waals surface area contributed by atoms with E-state index in [1.807, 2.05) is 18.2 Å². The number of guanidine groups is 1. The molecule has 33 heavy (non-hydrogen) atoms. The normalized spacial score (nSPS) is 15.1. The summed E-state index contributed by atoms with van der Waals surface area (Å²) < 4.78 is 5.39. The summed E-state index contributed by atoms with van der Waals surface area (Å²) >= 11 is 0. The van der Waals surface area contributed by atoms with Crippen LogP contribution >= 0.6 is 0 Å². The van der Waals surface area contributed by atoms with Crippen molar-refractivity contribution in [3.63, 3.8) is 0 Å². The number of aliphatic imine (C=N–C) groups is 1. The van der Waals surface area contributed by atoms with Gasteiger partial charge >= 0.3 is 5.97 Å². The third-order valence-electron chi connectivity index (χ3n) is 5.64. The summed E-state index contributed by atoms with van der Waals surface area (Å²) in [5, 5.41) is 11.9. The van der Waals surface area contributed by atoms with Crippen molar-refractivity contribution < 1.29 is 19.4 Å². The van der Waals surface area contributed by atoms with E-state index in [-0.39, 0.29) is 12.4 Å². The zero-order chi connectivity index (χ0) is 23.8. The molecule has 1 fully saturated rings. The van der Waals surface area contributed by atoms with Gasteiger partial charge in [-0.2, -0.15) is 4.99 Å². The first-order chi connectivity index (χ1) is 15.9. The number of nitrogens with one attached hydrogen (secondary N) is 1. The molecule has 1 saturated heterocycles. The van der Waals surface area contributed by atoms with Crippen LogP contribution < -0.4 is 26.4 Å². The molecule has 0 radical (unpaired) electrons. The average molecular weight is 454 g/mol. The van der Waals surface area contributed by atoms with E-state index in [2.05, 4.69) is 15.2 Å². The lowest BCUT2D eigenvalue weighted by atomic mass is 10.0. The zero-order valence-corrected chi connectivity index (χ0v) is 18.8. The van der Waals surface area contributed by atoms with Gasteiger partial charge < -0.3 is 31.5 Å². The van der Waals surface area contributed by atoms with Crippen LogP contribution in [-0.4, -0.2) is 49.2 Å². The van der Waals surface area contributed by atoms with Gasteiger partial charge in [-0.15, -0.1) is 0 Å². The molecule has 1 heterocycles. The quantitative estimate of drug-likeness (QED) is 0.350. The first-order valence-electron chi connectivity index (χ1n) is 11.0. The number of nitrogens with two attached hydrogens (primary N) is 2. The van der Waals surface area contributed by atoms with Gasteiger partial charge in [0.25, 0.3) is 5.91 Å². The second kappa shape index (κ2) is 11.3. The molecule has 1 atom stereocenters. The zero-order valence-electron chi connectivity index (χ0n) is 18.8. The number of piperidine rings is 1. The van der Waals surface area contributed by atoms with E-state index < -0.39 is 17.9 Å². The van der Waals surface area contributed by atoms with Crippen molar-refractivity contribution in [2.75, 3.05) is 25.1 Å². The highest BCUT2D eigenvalue weighted by Gasteiger charge is 2.16. The molecule has 3 rings (SSSR count). The molecule has 2 aromatic carbocycles. The molecule has 0 aliphatic carbocycles. The monoisotopic (exact) mass is 453 g/mol. The van der Waals surface area contributed by atoms with Gasteiger partial charge in [0.2, 0.25) is 0 Å². The number of carboxylic acid groups (broad SMARTS) is 1. The topological polar surface area (TPSA) is 143 Å². The van der Waals surface area contributed by atoms with Gasteiger partial charge in [0, 0.05) is 37.0 Å². The minimum Gasteiger partial charge on any atom is -0.497 e. The van der Waals surface area contributed by atoms with Gasteiger partial charge in [-0.05, 0) is 55.0 Å². The van der Waals surface area contributed by atoms with Crippen LogP contribution in [0.3, 0.4) is 0 Å². The fourth-order valence-corrected chi connectivity index (χ4v) is 3.77. The van der Waals surface area contributed by atoms with Crippen LogP contribution in [-0.2, 0) is 17.8 Å². The van der Waals surface area contributed by atoms with Crippen LogP contribution in [0.5, 0.6) is 5.75 Å². The standard InChI is InChI=1S/C24H31N5O4/c1-33-19-10-9-18(21(14-19)29-11-3-2-4-12-29)15-27-24(26)28-22(30)17-7-5-16(6-8-17)13-20(25)23(31)32/h5-10,14,20H,2-4,11-13,15,25H2,1H3,(H,31,32)(H3,26,27,28,30). The number of amides is 1. The number of nitrogens with zero attached hydrogens (tertiary/aromatic N) is 2. The lowest BCUT2D eigenvalue weighted by Gasteiger charge is -2.31. The molecule has 1 aliphatic rings. The van der Waals surface area contributed by atoms with Crippen molar-refractivity contribution in [2.24, 2.45) is 16.5 Å². The number of ether oxygens (including phenoxy) is 1. The number of carboxylic acids is 1. The van der Waals surface area contributed by atoms with Gasteiger partial charge in [-0.1, -0.05) is 18.2 Å². The molecule has 176 valence electrons. The van der Waals surface area contributed by atoms with Crippen molar-refractivity contribution in [3.05, 3.63) is 59.2 Å². The highest BCUT2D eigenvalue weighted by Crippen LogP contribution is 2.28. The van der Waals surface area contributed by atoms with Crippen LogP contribution in [0.15, 0.2) is 47.5 Å². The molecule has 1 amide bonds. The van der Waals surface area contributed by atoms with Gasteiger partial charge in [-0.3, -0.25) is 9.59 Å². The minimum absolute atomic E-state index is 0.0254. The molecule has 1 aliphatic heterocycles.